The molecule has 1 amide bonds. The van der Waals surface area contributed by atoms with Crippen LogP contribution in [-0.4, -0.2) is 28.0 Å². The molecule has 0 aliphatic rings. The molecule has 35 heavy (non-hydrogen) atoms. The van der Waals surface area contributed by atoms with Crippen molar-refractivity contribution in [3.8, 4) is 11.1 Å². The number of amides is 1. The van der Waals surface area contributed by atoms with Crippen molar-refractivity contribution in [3.63, 3.8) is 0 Å². The van der Waals surface area contributed by atoms with E-state index in [1.807, 2.05) is 67.6 Å². The van der Waals surface area contributed by atoms with E-state index in [0.29, 0.717) is 21.5 Å². The topological polar surface area (TPSA) is 90.3 Å². The molecule has 1 N–H and O–H groups in total. The van der Waals surface area contributed by atoms with Crippen molar-refractivity contribution < 1.29 is 14.3 Å². The number of nitrogens with zero attached hydrogens (tertiary/aromatic N) is 2. The minimum absolute atomic E-state index is 0.0883. The molecule has 2 heterocycles. The van der Waals surface area contributed by atoms with E-state index in [2.05, 4.69) is 10.3 Å². The molecule has 0 saturated carbocycles. The van der Waals surface area contributed by atoms with Gasteiger partial charge < -0.3 is 9.30 Å². The number of pyridine rings is 1. The van der Waals surface area contributed by atoms with Gasteiger partial charge in [-0.15, -0.1) is 0 Å². The Bertz CT molecular complexity index is 1620. The van der Waals surface area contributed by atoms with Gasteiger partial charge in [0.2, 0.25) is 0 Å². The Labute approximate surface area is 204 Å². The number of esters is 1. The summed E-state index contributed by atoms with van der Waals surface area (Å²) >= 11 is 1.33. The third-order valence-electron chi connectivity index (χ3n) is 5.71. The number of thiazole rings is 1. The summed E-state index contributed by atoms with van der Waals surface area (Å²) in [5, 5.41) is 4.23. The van der Waals surface area contributed by atoms with Gasteiger partial charge in [-0.1, -0.05) is 71.5 Å². The Balaban J connectivity index is 1.46. The van der Waals surface area contributed by atoms with Crippen molar-refractivity contribution in [2.45, 2.75) is 6.92 Å². The molecule has 8 heteroatoms. The quantitative estimate of drug-likeness (QED) is 0.359. The first-order valence-corrected chi connectivity index (χ1v) is 11.8. The summed E-state index contributed by atoms with van der Waals surface area (Å²) in [7, 11) is 1.53. The summed E-state index contributed by atoms with van der Waals surface area (Å²) in [6.45, 7) is 1.46. The van der Waals surface area contributed by atoms with Gasteiger partial charge in [0.05, 0.1) is 10.2 Å². The molecule has 0 unspecified atom stereocenters. The van der Waals surface area contributed by atoms with E-state index in [1.165, 1.54) is 23.0 Å². The summed E-state index contributed by atoms with van der Waals surface area (Å²) in [4.78, 5) is 43.1. The Kier molecular flexibility index (Phi) is 5.88. The summed E-state index contributed by atoms with van der Waals surface area (Å²) in [5.74, 6) is -1.27. The fraction of sp³-hybridized carbons (Fsp3) is 0.111. The number of aryl methyl sites for hydroxylation is 1. The molecular formula is C27H21N3O4S. The Morgan fingerprint density at radius 1 is 0.971 bits per heavy atom. The Morgan fingerprint density at radius 2 is 1.66 bits per heavy atom. The molecule has 7 nitrogen and oxygen atoms in total. The molecule has 0 bridgehead atoms. The third-order valence-corrected chi connectivity index (χ3v) is 6.66. The first kappa shape index (κ1) is 22.5. The fourth-order valence-corrected chi connectivity index (χ4v) is 4.88. The summed E-state index contributed by atoms with van der Waals surface area (Å²) in [5.41, 5.74) is 2.97. The molecule has 0 fully saturated rings. The van der Waals surface area contributed by atoms with Gasteiger partial charge in [0.25, 0.3) is 11.5 Å². The van der Waals surface area contributed by atoms with E-state index in [0.717, 1.165) is 21.3 Å². The van der Waals surface area contributed by atoms with Crippen LogP contribution in [0.5, 0.6) is 0 Å². The lowest BCUT2D eigenvalue weighted by Crippen LogP contribution is -2.28. The first-order valence-electron chi connectivity index (χ1n) is 10.9. The first-order chi connectivity index (χ1) is 16.9. The van der Waals surface area contributed by atoms with Gasteiger partial charge in [-0.2, -0.15) is 0 Å². The molecule has 0 aliphatic carbocycles. The Hall–Kier alpha value is -4.30. The minimum atomic E-state index is -0.759. The van der Waals surface area contributed by atoms with Crippen LogP contribution in [0.25, 0.3) is 32.1 Å². The molecule has 0 radical (unpaired) electrons. The van der Waals surface area contributed by atoms with Crippen molar-refractivity contribution in [2.75, 3.05) is 11.9 Å². The predicted molar refractivity (Wildman–Crippen MR) is 138 cm³/mol. The van der Waals surface area contributed by atoms with E-state index in [4.69, 9.17) is 4.74 Å². The number of carbonyl (C=O) groups excluding carboxylic acids is 2. The maximum atomic E-state index is 13.2. The highest BCUT2D eigenvalue weighted by Crippen LogP contribution is 2.31. The van der Waals surface area contributed by atoms with Crippen molar-refractivity contribution in [1.82, 2.24) is 9.55 Å². The zero-order valence-corrected chi connectivity index (χ0v) is 19.9. The fourth-order valence-electron chi connectivity index (χ4n) is 4.00. The smallest absolute Gasteiger partial charge is 0.356 e. The molecule has 174 valence electrons. The highest BCUT2D eigenvalue weighted by Gasteiger charge is 2.23. The highest BCUT2D eigenvalue weighted by molar-refractivity contribution is 7.22. The normalized spacial score (nSPS) is 11.0. The summed E-state index contributed by atoms with van der Waals surface area (Å²) in [6.07, 6.45) is 0. The lowest BCUT2D eigenvalue weighted by molar-refractivity contribution is -0.119. The second-order valence-corrected chi connectivity index (χ2v) is 9.14. The summed E-state index contributed by atoms with van der Waals surface area (Å²) < 4.78 is 7.59. The molecule has 0 spiro atoms. The number of aromatic nitrogens is 2. The SMILES string of the molecule is Cc1ccc(-c2c(C(=O)OCC(=O)Nc3nc4ccccc4s3)n(C)c(=O)c3ccccc23)cc1. The van der Waals surface area contributed by atoms with Crippen LogP contribution in [0, 0.1) is 6.92 Å². The second-order valence-electron chi connectivity index (χ2n) is 8.11. The highest BCUT2D eigenvalue weighted by atomic mass is 32.1. The molecule has 5 aromatic rings. The van der Waals surface area contributed by atoms with Crippen molar-refractivity contribution in [2.24, 2.45) is 7.05 Å². The monoisotopic (exact) mass is 483 g/mol. The molecule has 0 aliphatic heterocycles. The van der Waals surface area contributed by atoms with Crippen molar-refractivity contribution in [3.05, 3.63) is 94.4 Å². The van der Waals surface area contributed by atoms with Gasteiger partial charge in [-0.25, -0.2) is 9.78 Å². The molecule has 2 aromatic heterocycles. The lowest BCUT2D eigenvalue weighted by Gasteiger charge is -2.16. The molecular weight excluding hydrogens is 462 g/mol. The van der Waals surface area contributed by atoms with Crippen LogP contribution >= 0.6 is 11.3 Å². The van der Waals surface area contributed by atoms with Crippen LogP contribution in [0.15, 0.2) is 77.6 Å². The van der Waals surface area contributed by atoms with E-state index in [-0.39, 0.29) is 11.3 Å². The number of fused-ring (bicyclic) bond motifs is 2. The zero-order chi connectivity index (χ0) is 24.5. The van der Waals surface area contributed by atoms with Crippen molar-refractivity contribution in [1.29, 1.82) is 0 Å². The number of benzene rings is 3. The second kappa shape index (κ2) is 9.15. The third kappa shape index (κ3) is 4.31. The lowest BCUT2D eigenvalue weighted by atomic mass is 9.96. The number of rotatable bonds is 5. The van der Waals surface area contributed by atoms with Crippen LogP contribution in [-0.2, 0) is 16.6 Å². The average Bonchev–Trinajstić information content (AvgIpc) is 3.27. The van der Waals surface area contributed by atoms with Crippen LogP contribution in [0.3, 0.4) is 0 Å². The minimum Gasteiger partial charge on any atom is -0.451 e. The van der Waals surface area contributed by atoms with Gasteiger partial charge in [-0.3, -0.25) is 14.9 Å². The van der Waals surface area contributed by atoms with Crippen molar-refractivity contribution >= 4 is 49.3 Å². The van der Waals surface area contributed by atoms with Crippen LogP contribution < -0.4 is 10.9 Å². The van der Waals surface area contributed by atoms with Gasteiger partial charge in [0.15, 0.2) is 11.7 Å². The van der Waals surface area contributed by atoms with E-state index in [9.17, 15) is 14.4 Å². The molecule has 0 saturated heterocycles. The zero-order valence-electron chi connectivity index (χ0n) is 19.1. The number of hydrogen-bond donors (Lipinski definition) is 1. The molecule has 3 aromatic carbocycles. The molecule has 0 atom stereocenters. The predicted octanol–water partition coefficient (Wildman–Crippen LogP) is 4.92. The standard InChI is InChI=1S/C27H21N3O4S/c1-16-11-13-17(14-12-16)23-18-7-3-4-8-19(18)25(32)30(2)24(23)26(33)34-15-22(31)29-27-28-20-9-5-6-10-21(20)35-27/h3-14H,15H2,1-2H3,(H,28,29,31). The van der Waals surface area contributed by atoms with Crippen LogP contribution in [0.1, 0.15) is 16.1 Å². The van der Waals surface area contributed by atoms with E-state index < -0.39 is 18.5 Å². The number of ether oxygens (including phenoxy) is 1. The average molecular weight is 484 g/mol. The van der Waals surface area contributed by atoms with Gasteiger partial charge >= 0.3 is 5.97 Å². The summed E-state index contributed by atoms with van der Waals surface area (Å²) in [6, 6.07) is 22.4. The van der Waals surface area contributed by atoms with Gasteiger partial charge in [0, 0.05) is 18.0 Å². The number of anilines is 1. The number of hydrogen-bond acceptors (Lipinski definition) is 6. The van der Waals surface area contributed by atoms with E-state index >= 15 is 0 Å². The number of para-hydroxylation sites is 1. The van der Waals surface area contributed by atoms with Gasteiger partial charge in [-0.05, 0) is 36.1 Å². The maximum Gasteiger partial charge on any atom is 0.356 e. The Morgan fingerprint density at radius 3 is 2.40 bits per heavy atom. The number of carbonyl (C=O) groups is 2. The van der Waals surface area contributed by atoms with E-state index in [1.54, 1.807) is 12.1 Å². The van der Waals surface area contributed by atoms with Crippen LogP contribution in [0.2, 0.25) is 0 Å². The maximum absolute atomic E-state index is 13.2. The largest absolute Gasteiger partial charge is 0.451 e. The van der Waals surface area contributed by atoms with Crippen LogP contribution in [0.4, 0.5) is 5.13 Å². The molecule has 5 rings (SSSR count). The number of nitrogens with one attached hydrogen (secondary N) is 1. The van der Waals surface area contributed by atoms with Gasteiger partial charge in [0.1, 0.15) is 5.69 Å².